The van der Waals surface area contributed by atoms with E-state index < -0.39 is 10.0 Å². The van der Waals surface area contributed by atoms with E-state index in [2.05, 4.69) is 39.9 Å². The van der Waals surface area contributed by atoms with Crippen molar-refractivity contribution >= 4 is 27.7 Å². The van der Waals surface area contributed by atoms with Gasteiger partial charge in [-0.25, -0.2) is 12.7 Å². The molecule has 26 heavy (non-hydrogen) atoms. The SMILES string of the molecule is CN=C(NCCS(=O)(=O)N1CCSCC1)NCC1CCc2ccccc21. The number of hydrogen-bond donors (Lipinski definition) is 2. The Bertz CT molecular complexity index is 730. The average Bonchev–Trinajstić information content (AvgIpc) is 3.08. The average molecular weight is 397 g/mol. The fourth-order valence-electron chi connectivity index (χ4n) is 3.55. The van der Waals surface area contributed by atoms with Crippen LogP contribution in [0.2, 0.25) is 0 Å². The van der Waals surface area contributed by atoms with Gasteiger partial charge in [-0.3, -0.25) is 4.99 Å². The summed E-state index contributed by atoms with van der Waals surface area (Å²) in [7, 11) is -1.47. The largest absolute Gasteiger partial charge is 0.356 e. The van der Waals surface area contributed by atoms with Gasteiger partial charge in [-0.15, -0.1) is 0 Å². The molecule has 0 bridgehead atoms. The zero-order valence-electron chi connectivity index (χ0n) is 15.3. The normalized spacial score (nSPS) is 21.4. The molecule has 1 aliphatic heterocycles. The molecule has 1 fully saturated rings. The lowest BCUT2D eigenvalue weighted by molar-refractivity contribution is 0.443. The van der Waals surface area contributed by atoms with Gasteiger partial charge >= 0.3 is 0 Å². The molecule has 0 saturated carbocycles. The summed E-state index contributed by atoms with van der Waals surface area (Å²) in [5.74, 6) is 3.03. The first-order valence-electron chi connectivity index (χ1n) is 9.18. The van der Waals surface area contributed by atoms with Crippen LogP contribution in [0.25, 0.3) is 0 Å². The molecule has 1 unspecified atom stereocenters. The van der Waals surface area contributed by atoms with Crippen molar-refractivity contribution in [1.82, 2.24) is 14.9 Å². The van der Waals surface area contributed by atoms with Gasteiger partial charge in [0.05, 0.1) is 5.75 Å². The minimum atomic E-state index is -3.18. The van der Waals surface area contributed by atoms with E-state index in [1.54, 1.807) is 11.4 Å². The standard InChI is InChI=1S/C18H28N4O2S2/c1-19-18(20-8-13-26(23,24)22-9-11-25-12-10-22)21-14-16-7-6-15-4-2-3-5-17(15)16/h2-5,16H,6-14H2,1H3,(H2,19,20,21). The molecule has 1 aromatic carbocycles. The number of thioether (sulfide) groups is 1. The van der Waals surface area contributed by atoms with Gasteiger partial charge < -0.3 is 10.6 Å². The van der Waals surface area contributed by atoms with Crippen molar-refractivity contribution in [3.05, 3.63) is 35.4 Å². The number of fused-ring (bicyclic) bond motifs is 1. The van der Waals surface area contributed by atoms with E-state index in [1.807, 2.05) is 11.8 Å². The first-order chi connectivity index (χ1) is 12.6. The fraction of sp³-hybridized carbons (Fsp3) is 0.611. The maximum absolute atomic E-state index is 12.4. The third-order valence-corrected chi connectivity index (χ3v) is 7.83. The van der Waals surface area contributed by atoms with Crippen LogP contribution in [0, 0.1) is 0 Å². The smallest absolute Gasteiger partial charge is 0.215 e. The Balaban J connectivity index is 1.44. The second-order valence-corrected chi connectivity index (χ2v) is 9.95. The molecule has 1 atom stereocenters. The van der Waals surface area contributed by atoms with Gasteiger partial charge in [0.15, 0.2) is 5.96 Å². The molecule has 2 N–H and O–H groups in total. The second kappa shape index (κ2) is 9.10. The maximum Gasteiger partial charge on any atom is 0.215 e. The highest BCUT2D eigenvalue weighted by Gasteiger charge is 2.24. The summed E-state index contributed by atoms with van der Waals surface area (Å²) in [6.07, 6.45) is 2.27. The molecule has 0 amide bonds. The number of guanidine groups is 1. The summed E-state index contributed by atoms with van der Waals surface area (Å²) < 4.78 is 26.4. The second-order valence-electron chi connectivity index (χ2n) is 6.64. The zero-order valence-corrected chi connectivity index (χ0v) is 16.9. The van der Waals surface area contributed by atoms with Crippen molar-refractivity contribution in [3.8, 4) is 0 Å². The minimum Gasteiger partial charge on any atom is -0.356 e. The maximum atomic E-state index is 12.4. The molecule has 0 radical (unpaired) electrons. The van der Waals surface area contributed by atoms with Crippen molar-refractivity contribution in [3.63, 3.8) is 0 Å². The lowest BCUT2D eigenvalue weighted by atomic mass is 10.0. The lowest BCUT2D eigenvalue weighted by Crippen LogP contribution is -2.44. The molecule has 8 heteroatoms. The third kappa shape index (κ3) is 4.92. The molecular formula is C18H28N4O2S2. The van der Waals surface area contributed by atoms with Crippen molar-refractivity contribution < 1.29 is 8.42 Å². The van der Waals surface area contributed by atoms with Gasteiger partial charge in [0.25, 0.3) is 0 Å². The van der Waals surface area contributed by atoms with Crippen LogP contribution in [0.5, 0.6) is 0 Å². The lowest BCUT2D eigenvalue weighted by Gasteiger charge is -2.25. The summed E-state index contributed by atoms with van der Waals surface area (Å²) in [5, 5.41) is 6.49. The summed E-state index contributed by atoms with van der Waals surface area (Å²) in [4.78, 5) is 4.22. The number of hydrogen-bond acceptors (Lipinski definition) is 4. The van der Waals surface area contributed by atoms with Crippen molar-refractivity contribution in [2.24, 2.45) is 4.99 Å². The highest BCUT2D eigenvalue weighted by Crippen LogP contribution is 2.32. The van der Waals surface area contributed by atoms with Crippen LogP contribution in [-0.2, 0) is 16.4 Å². The van der Waals surface area contributed by atoms with Gasteiger partial charge in [0, 0.05) is 50.7 Å². The first-order valence-corrected chi connectivity index (χ1v) is 11.9. The molecule has 6 nitrogen and oxygen atoms in total. The van der Waals surface area contributed by atoms with E-state index in [1.165, 1.54) is 11.1 Å². The molecule has 3 rings (SSSR count). The fourth-order valence-corrected chi connectivity index (χ4v) is 6.04. The summed E-state index contributed by atoms with van der Waals surface area (Å²) in [6.45, 7) is 2.43. The number of aryl methyl sites for hydroxylation is 1. The number of sulfonamides is 1. The summed E-state index contributed by atoms with van der Waals surface area (Å²) >= 11 is 1.81. The molecule has 1 aromatic rings. The Hall–Kier alpha value is -1.25. The predicted octanol–water partition coefficient (Wildman–Crippen LogP) is 1.26. The molecule has 2 aliphatic rings. The van der Waals surface area contributed by atoms with E-state index in [0.29, 0.717) is 31.5 Å². The molecule has 1 saturated heterocycles. The minimum absolute atomic E-state index is 0.102. The molecular weight excluding hydrogens is 368 g/mol. The van der Waals surface area contributed by atoms with Crippen LogP contribution in [-0.4, -0.2) is 69.2 Å². The van der Waals surface area contributed by atoms with Crippen LogP contribution in [0.15, 0.2) is 29.3 Å². The van der Waals surface area contributed by atoms with E-state index in [4.69, 9.17) is 0 Å². The topological polar surface area (TPSA) is 73.8 Å². The first kappa shape index (κ1) is 19.5. The van der Waals surface area contributed by atoms with Crippen LogP contribution < -0.4 is 10.6 Å². The number of rotatable bonds is 6. The number of nitrogens with zero attached hydrogens (tertiary/aromatic N) is 2. The number of benzene rings is 1. The Labute approximate surface area is 160 Å². The van der Waals surface area contributed by atoms with Crippen molar-refractivity contribution in [1.29, 1.82) is 0 Å². The van der Waals surface area contributed by atoms with Crippen LogP contribution in [0.3, 0.4) is 0 Å². The van der Waals surface area contributed by atoms with Gasteiger partial charge in [-0.1, -0.05) is 24.3 Å². The Kier molecular flexibility index (Phi) is 6.83. The molecule has 1 heterocycles. The van der Waals surface area contributed by atoms with Crippen LogP contribution in [0.1, 0.15) is 23.5 Å². The van der Waals surface area contributed by atoms with E-state index >= 15 is 0 Å². The highest BCUT2D eigenvalue weighted by atomic mass is 32.2. The van der Waals surface area contributed by atoms with E-state index in [-0.39, 0.29) is 5.75 Å². The Morgan fingerprint density at radius 2 is 2.04 bits per heavy atom. The predicted molar refractivity (Wildman–Crippen MR) is 110 cm³/mol. The Morgan fingerprint density at radius 1 is 1.27 bits per heavy atom. The molecule has 1 aliphatic carbocycles. The Morgan fingerprint density at radius 3 is 2.81 bits per heavy atom. The van der Waals surface area contributed by atoms with Gasteiger partial charge in [0.2, 0.25) is 10.0 Å². The molecule has 0 aromatic heterocycles. The van der Waals surface area contributed by atoms with Gasteiger partial charge in [-0.05, 0) is 24.0 Å². The number of nitrogens with one attached hydrogen (secondary N) is 2. The van der Waals surface area contributed by atoms with Crippen molar-refractivity contribution in [2.75, 3.05) is 50.5 Å². The quantitative estimate of drug-likeness (QED) is 0.559. The summed E-state index contributed by atoms with van der Waals surface area (Å²) in [5.41, 5.74) is 2.86. The molecule has 0 spiro atoms. The van der Waals surface area contributed by atoms with Crippen molar-refractivity contribution in [2.45, 2.75) is 18.8 Å². The monoisotopic (exact) mass is 396 g/mol. The number of aliphatic imine (C=N–C) groups is 1. The zero-order chi connectivity index (χ0) is 18.4. The summed E-state index contributed by atoms with van der Waals surface area (Å²) in [6, 6.07) is 8.59. The van der Waals surface area contributed by atoms with Crippen LogP contribution >= 0.6 is 11.8 Å². The van der Waals surface area contributed by atoms with Gasteiger partial charge in [0.1, 0.15) is 0 Å². The van der Waals surface area contributed by atoms with Crippen LogP contribution in [0.4, 0.5) is 0 Å². The highest BCUT2D eigenvalue weighted by molar-refractivity contribution is 7.99. The van der Waals surface area contributed by atoms with Gasteiger partial charge in [-0.2, -0.15) is 11.8 Å². The molecule has 144 valence electrons. The third-order valence-electron chi connectivity index (χ3n) is 5.01. The van der Waals surface area contributed by atoms with E-state index in [9.17, 15) is 8.42 Å². The van der Waals surface area contributed by atoms with E-state index in [0.717, 1.165) is 30.9 Å².